The number of nitrogens with zero attached hydrogens (tertiary/aromatic N) is 3. The van der Waals surface area contributed by atoms with E-state index >= 15 is 0 Å². The Morgan fingerprint density at radius 1 is 0.914 bits per heavy atom. The van der Waals surface area contributed by atoms with Gasteiger partial charge >= 0.3 is 6.01 Å². The number of benzene rings is 3. The second-order valence-corrected chi connectivity index (χ2v) is 7.68. The fourth-order valence-electron chi connectivity index (χ4n) is 3.69. The number of fused-ring (bicyclic) bond motifs is 1. The molecule has 0 fully saturated rings. The number of aliphatic imine (C=N–C) groups is 1. The van der Waals surface area contributed by atoms with E-state index in [2.05, 4.69) is 20.8 Å². The molecule has 0 saturated carbocycles. The van der Waals surface area contributed by atoms with E-state index in [-0.39, 0.29) is 17.8 Å². The molecule has 1 aromatic heterocycles. The third-order valence-corrected chi connectivity index (χ3v) is 5.34. The summed E-state index contributed by atoms with van der Waals surface area (Å²) in [6, 6.07) is 24.6. The minimum atomic E-state index is -0.987. The molecule has 2 N–H and O–H groups in total. The number of rotatable bonds is 8. The third-order valence-electron chi connectivity index (χ3n) is 5.34. The molecule has 0 spiro atoms. The van der Waals surface area contributed by atoms with Crippen molar-refractivity contribution in [1.29, 1.82) is 0 Å². The predicted octanol–water partition coefficient (Wildman–Crippen LogP) is 3.99. The van der Waals surface area contributed by atoms with Crippen LogP contribution in [0.4, 0.5) is 11.7 Å². The first-order valence-corrected chi connectivity index (χ1v) is 11.1. The number of carbonyl (C=O) groups excluding carboxylic acids is 1. The Morgan fingerprint density at radius 2 is 1.66 bits per heavy atom. The van der Waals surface area contributed by atoms with Gasteiger partial charge in [0.2, 0.25) is 6.17 Å². The Labute approximate surface area is 201 Å². The lowest BCUT2D eigenvalue weighted by Gasteiger charge is -2.11. The molecule has 35 heavy (non-hydrogen) atoms. The monoisotopic (exact) mass is 469 g/mol. The van der Waals surface area contributed by atoms with Crippen LogP contribution < -0.4 is 15.4 Å². The summed E-state index contributed by atoms with van der Waals surface area (Å²) in [4.78, 5) is 17.8. The fraction of sp³-hybridized carbons (Fsp3) is 0.154. The van der Waals surface area contributed by atoms with Gasteiger partial charge in [-0.1, -0.05) is 65.8 Å². The second kappa shape index (κ2) is 10.2. The maximum absolute atomic E-state index is 13.0. The van der Waals surface area contributed by atoms with Gasteiger partial charge in [0.15, 0.2) is 0 Å². The number of aromatic nitrogens is 2. The summed E-state index contributed by atoms with van der Waals surface area (Å²) in [5.41, 5.74) is 3.70. The molecule has 0 saturated heterocycles. The van der Waals surface area contributed by atoms with Crippen molar-refractivity contribution in [3.8, 4) is 17.2 Å². The van der Waals surface area contributed by atoms with Gasteiger partial charge in [-0.3, -0.25) is 4.79 Å². The van der Waals surface area contributed by atoms with E-state index in [0.29, 0.717) is 35.9 Å². The van der Waals surface area contributed by atoms with Crippen molar-refractivity contribution in [2.45, 2.75) is 6.17 Å². The minimum absolute atomic E-state index is 0.0639. The maximum atomic E-state index is 13.0. The van der Waals surface area contributed by atoms with Crippen LogP contribution in [0.2, 0.25) is 0 Å². The topological polar surface area (TPSA) is 111 Å². The Balaban J connectivity index is 1.44. The number of carbonyl (C=O) groups is 1. The number of methoxy groups -OCH3 is 1. The van der Waals surface area contributed by atoms with E-state index < -0.39 is 6.17 Å². The first-order chi connectivity index (χ1) is 17.2. The fourth-order valence-corrected chi connectivity index (χ4v) is 3.69. The summed E-state index contributed by atoms with van der Waals surface area (Å²) in [6.07, 6.45) is -0.987. The van der Waals surface area contributed by atoms with E-state index in [9.17, 15) is 4.79 Å². The summed E-state index contributed by atoms with van der Waals surface area (Å²) in [6.45, 7) is 0.832. The van der Waals surface area contributed by atoms with E-state index in [1.165, 1.54) is 0 Å². The van der Waals surface area contributed by atoms with Gasteiger partial charge in [0.05, 0.1) is 23.6 Å². The molecule has 4 aromatic rings. The van der Waals surface area contributed by atoms with Gasteiger partial charge < -0.3 is 24.5 Å². The molecule has 9 heteroatoms. The van der Waals surface area contributed by atoms with Crippen LogP contribution in [0.15, 0.2) is 88.3 Å². The molecular weight excluding hydrogens is 446 g/mol. The van der Waals surface area contributed by atoms with E-state index in [4.69, 9.17) is 18.9 Å². The van der Waals surface area contributed by atoms with Gasteiger partial charge in [-0.05, 0) is 18.2 Å². The van der Waals surface area contributed by atoms with Crippen LogP contribution in [0.25, 0.3) is 11.5 Å². The highest BCUT2D eigenvalue weighted by molar-refractivity contribution is 6.19. The summed E-state index contributed by atoms with van der Waals surface area (Å²) < 4.78 is 16.6. The van der Waals surface area contributed by atoms with Gasteiger partial charge in [-0.15, -0.1) is 5.10 Å². The zero-order valence-electron chi connectivity index (χ0n) is 19.0. The zero-order chi connectivity index (χ0) is 24.0. The Bertz CT molecular complexity index is 1350. The lowest BCUT2D eigenvalue weighted by molar-refractivity contribution is -0.116. The van der Waals surface area contributed by atoms with Crippen LogP contribution in [0.5, 0.6) is 5.75 Å². The summed E-state index contributed by atoms with van der Waals surface area (Å²) in [5.74, 6) is 0.503. The van der Waals surface area contributed by atoms with Crippen LogP contribution in [-0.4, -0.2) is 48.3 Å². The molecule has 1 atom stereocenters. The first-order valence-electron chi connectivity index (χ1n) is 11.1. The van der Waals surface area contributed by atoms with Crippen molar-refractivity contribution in [1.82, 2.24) is 10.2 Å². The molecule has 3 aromatic carbocycles. The minimum Gasteiger partial charge on any atom is -0.490 e. The standard InChI is InChI=1S/C26H23N5O4/c1-33-15-16-34-21-14-8-6-12-19(21)25-30-31-26(35-25)29-23-24(32)27-20-13-7-5-11-18(20)22(28-23)17-9-3-2-4-10-17/h2-14,23H,15-16H2,1H3,(H,27,32)(H,29,31)/t23-/m1/s1. The SMILES string of the molecule is COCCOc1ccccc1-c1nnc(N[C@H]2N=C(c3ccccc3)c3ccccc3NC2=O)o1. The van der Waals surface area contributed by atoms with E-state index in [0.717, 1.165) is 11.1 Å². The van der Waals surface area contributed by atoms with Crippen molar-refractivity contribution < 1.29 is 18.7 Å². The van der Waals surface area contributed by atoms with Crippen LogP contribution in [0, 0.1) is 0 Å². The molecular formula is C26H23N5O4. The van der Waals surface area contributed by atoms with E-state index in [1.54, 1.807) is 7.11 Å². The molecule has 1 amide bonds. The summed E-state index contributed by atoms with van der Waals surface area (Å²) in [5, 5.41) is 14.1. The highest BCUT2D eigenvalue weighted by Gasteiger charge is 2.27. The molecule has 176 valence electrons. The Morgan fingerprint density at radius 3 is 2.49 bits per heavy atom. The molecule has 9 nitrogen and oxygen atoms in total. The highest BCUT2D eigenvalue weighted by atomic mass is 16.5. The lowest BCUT2D eigenvalue weighted by Crippen LogP contribution is -2.32. The molecule has 5 rings (SSSR count). The van der Waals surface area contributed by atoms with Gasteiger partial charge in [0, 0.05) is 18.2 Å². The van der Waals surface area contributed by atoms with Gasteiger partial charge in [-0.25, -0.2) is 4.99 Å². The van der Waals surface area contributed by atoms with Crippen molar-refractivity contribution in [2.75, 3.05) is 31.0 Å². The zero-order valence-corrected chi connectivity index (χ0v) is 19.0. The molecule has 1 aliphatic heterocycles. The molecule has 2 heterocycles. The lowest BCUT2D eigenvalue weighted by atomic mass is 10.0. The third kappa shape index (κ3) is 4.90. The normalized spacial score (nSPS) is 14.9. The number of amides is 1. The Kier molecular flexibility index (Phi) is 6.49. The van der Waals surface area contributed by atoms with Crippen LogP contribution in [0.1, 0.15) is 11.1 Å². The van der Waals surface area contributed by atoms with Crippen LogP contribution in [0.3, 0.4) is 0 Å². The Hall–Kier alpha value is -4.50. The molecule has 0 bridgehead atoms. The summed E-state index contributed by atoms with van der Waals surface area (Å²) in [7, 11) is 1.61. The molecule has 0 aliphatic carbocycles. The maximum Gasteiger partial charge on any atom is 0.317 e. The number of benzodiazepines with no additional fused rings is 1. The summed E-state index contributed by atoms with van der Waals surface area (Å²) >= 11 is 0. The van der Waals surface area contributed by atoms with Crippen molar-refractivity contribution >= 4 is 23.3 Å². The van der Waals surface area contributed by atoms with Gasteiger partial charge in [0.25, 0.3) is 11.8 Å². The number of hydrogen-bond acceptors (Lipinski definition) is 8. The number of hydrogen-bond donors (Lipinski definition) is 2. The molecule has 1 aliphatic rings. The van der Waals surface area contributed by atoms with Gasteiger partial charge in [-0.2, -0.15) is 0 Å². The smallest absolute Gasteiger partial charge is 0.317 e. The van der Waals surface area contributed by atoms with E-state index in [1.807, 2.05) is 78.9 Å². The van der Waals surface area contributed by atoms with Gasteiger partial charge in [0.1, 0.15) is 12.4 Å². The van der Waals surface area contributed by atoms with Crippen molar-refractivity contribution in [3.63, 3.8) is 0 Å². The van der Waals surface area contributed by atoms with Crippen LogP contribution in [-0.2, 0) is 9.53 Å². The van der Waals surface area contributed by atoms with Crippen molar-refractivity contribution in [3.05, 3.63) is 90.0 Å². The second-order valence-electron chi connectivity index (χ2n) is 7.68. The molecule has 0 radical (unpaired) electrons. The predicted molar refractivity (Wildman–Crippen MR) is 132 cm³/mol. The van der Waals surface area contributed by atoms with Crippen LogP contribution >= 0.6 is 0 Å². The average molecular weight is 470 g/mol. The number of nitrogens with one attached hydrogen (secondary N) is 2. The number of ether oxygens (including phenoxy) is 2. The molecule has 0 unspecified atom stereocenters. The highest BCUT2D eigenvalue weighted by Crippen LogP contribution is 2.30. The quantitative estimate of drug-likeness (QED) is 0.375. The average Bonchev–Trinajstić information content (AvgIpc) is 3.31. The largest absolute Gasteiger partial charge is 0.490 e. The van der Waals surface area contributed by atoms with Crippen molar-refractivity contribution in [2.24, 2.45) is 4.99 Å². The number of para-hydroxylation sites is 2. The number of anilines is 2. The first kappa shape index (κ1) is 22.3.